The third kappa shape index (κ3) is 5.81. The Bertz CT molecular complexity index is 1470. The highest BCUT2D eigenvalue weighted by atomic mass is 19.1. The Balaban J connectivity index is 1.08. The number of amides is 3. The lowest BCUT2D eigenvalue weighted by atomic mass is 9.94. The predicted molar refractivity (Wildman–Crippen MR) is 150 cm³/mol. The van der Waals surface area contributed by atoms with E-state index in [0.717, 1.165) is 18.9 Å². The molecule has 2 heterocycles. The van der Waals surface area contributed by atoms with Crippen LogP contribution < -0.4 is 15.4 Å². The summed E-state index contributed by atoms with van der Waals surface area (Å²) in [6.45, 7) is 0.223. The summed E-state index contributed by atoms with van der Waals surface area (Å²) in [6, 6.07) is 18.4. The van der Waals surface area contributed by atoms with E-state index in [1.807, 2.05) is 12.1 Å². The van der Waals surface area contributed by atoms with Crippen molar-refractivity contribution in [1.29, 1.82) is 0 Å². The van der Waals surface area contributed by atoms with Gasteiger partial charge < -0.3 is 25.0 Å². The summed E-state index contributed by atoms with van der Waals surface area (Å²) in [7, 11) is 1.74. The van der Waals surface area contributed by atoms with Crippen LogP contribution in [0.2, 0.25) is 0 Å². The van der Waals surface area contributed by atoms with E-state index in [1.165, 1.54) is 29.3 Å². The van der Waals surface area contributed by atoms with Crippen molar-refractivity contribution in [2.45, 2.75) is 56.4 Å². The van der Waals surface area contributed by atoms with Gasteiger partial charge in [0.1, 0.15) is 24.3 Å². The largest absolute Gasteiger partial charge is 0.490 e. The summed E-state index contributed by atoms with van der Waals surface area (Å²) < 4.78 is 25.9. The standard InChI is InChI=1S/C32H32FN3O5/c1-36-27-11-10-25(17-30(37)34-24-14-19-5-2-3-6-20(19)15-24)41-29(27)18-40-28-12-9-23(16-26(28)32(36)39)35-31(38)21-7-4-8-22(33)13-21/h2-9,12-13,16,24-25,27,29H,10-11,14-15,17-18H2,1H3,(H,34,37)(H,35,38)/t25-,27-,29-/m0/s1. The molecular weight excluding hydrogens is 525 g/mol. The van der Waals surface area contributed by atoms with Crippen molar-refractivity contribution >= 4 is 23.4 Å². The maximum atomic E-state index is 13.5. The van der Waals surface area contributed by atoms with Crippen LogP contribution in [-0.2, 0) is 22.4 Å². The Hall–Kier alpha value is -4.24. The number of fused-ring (bicyclic) bond motifs is 3. The zero-order valence-corrected chi connectivity index (χ0v) is 22.8. The molecule has 0 bridgehead atoms. The number of rotatable bonds is 5. The average molecular weight is 558 g/mol. The molecule has 3 atom stereocenters. The van der Waals surface area contributed by atoms with Gasteiger partial charge in [0.05, 0.1) is 24.1 Å². The Labute approximate surface area is 237 Å². The second-order valence-electron chi connectivity index (χ2n) is 11.0. The maximum absolute atomic E-state index is 13.5. The molecule has 0 unspecified atom stereocenters. The minimum atomic E-state index is -0.507. The number of anilines is 1. The highest BCUT2D eigenvalue weighted by molar-refractivity contribution is 6.05. The molecule has 1 saturated heterocycles. The lowest BCUT2D eigenvalue weighted by Gasteiger charge is -2.42. The zero-order valence-electron chi connectivity index (χ0n) is 22.8. The summed E-state index contributed by atoms with van der Waals surface area (Å²) in [4.78, 5) is 40.6. The number of ether oxygens (including phenoxy) is 2. The molecule has 3 aromatic carbocycles. The molecule has 3 amide bonds. The fraction of sp³-hybridized carbons (Fsp3) is 0.344. The van der Waals surface area contributed by atoms with Gasteiger partial charge in [0.15, 0.2) is 0 Å². The van der Waals surface area contributed by atoms with Gasteiger partial charge in [-0.25, -0.2) is 4.39 Å². The summed E-state index contributed by atoms with van der Waals surface area (Å²) in [5, 5.41) is 5.89. The first kappa shape index (κ1) is 27.0. The van der Waals surface area contributed by atoms with Crippen LogP contribution in [0.25, 0.3) is 0 Å². The van der Waals surface area contributed by atoms with Crippen molar-refractivity contribution in [2.75, 3.05) is 19.0 Å². The number of carbonyl (C=O) groups is 3. The monoisotopic (exact) mass is 557 g/mol. The summed E-state index contributed by atoms with van der Waals surface area (Å²) in [5.41, 5.74) is 3.47. The van der Waals surface area contributed by atoms with E-state index in [4.69, 9.17) is 9.47 Å². The summed E-state index contributed by atoms with van der Waals surface area (Å²) in [5.74, 6) is -0.885. The van der Waals surface area contributed by atoms with Crippen LogP contribution in [0.4, 0.5) is 10.1 Å². The van der Waals surface area contributed by atoms with E-state index in [1.54, 1.807) is 30.1 Å². The van der Waals surface area contributed by atoms with Gasteiger partial charge in [-0.2, -0.15) is 0 Å². The smallest absolute Gasteiger partial charge is 0.257 e. The summed E-state index contributed by atoms with van der Waals surface area (Å²) in [6.07, 6.45) is 2.63. The van der Waals surface area contributed by atoms with Crippen LogP contribution in [-0.4, -0.2) is 60.6 Å². The molecule has 2 N–H and O–H groups in total. The number of hydrogen-bond donors (Lipinski definition) is 2. The minimum absolute atomic E-state index is 0.0272. The highest BCUT2D eigenvalue weighted by Gasteiger charge is 2.39. The second-order valence-corrected chi connectivity index (χ2v) is 11.0. The molecule has 1 fully saturated rings. The van der Waals surface area contributed by atoms with Crippen LogP contribution in [0.1, 0.15) is 51.1 Å². The zero-order chi connectivity index (χ0) is 28.5. The number of nitrogens with zero attached hydrogens (tertiary/aromatic N) is 1. The van der Waals surface area contributed by atoms with Crippen LogP contribution in [0.3, 0.4) is 0 Å². The van der Waals surface area contributed by atoms with E-state index in [0.29, 0.717) is 29.8 Å². The van der Waals surface area contributed by atoms with Crippen molar-refractivity contribution < 1.29 is 28.2 Å². The lowest BCUT2D eigenvalue weighted by molar-refractivity contribution is -0.134. The third-order valence-corrected chi connectivity index (χ3v) is 8.19. The maximum Gasteiger partial charge on any atom is 0.257 e. The van der Waals surface area contributed by atoms with Gasteiger partial charge in [0, 0.05) is 24.3 Å². The van der Waals surface area contributed by atoms with Crippen molar-refractivity contribution in [2.24, 2.45) is 0 Å². The number of carbonyl (C=O) groups excluding carboxylic acids is 3. The Morgan fingerprint density at radius 3 is 2.54 bits per heavy atom. The molecule has 0 saturated carbocycles. The van der Waals surface area contributed by atoms with E-state index in [9.17, 15) is 18.8 Å². The molecule has 6 rings (SSSR count). The summed E-state index contributed by atoms with van der Waals surface area (Å²) >= 11 is 0. The van der Waals surface area contributed by atoms with Crippen molar-refractivity contribution in [1.82, 2.24) is 10.2 Å². The van der Waals surface area contributed by atoms with Crippen LogP contribution in [0.5, 0.6) is 5.75 Å². The van der Waals surface area contributed by atoms with Crippen molar-refractivity contribution in [3.63, 3.8) is 0 Å². The molecule has 3 aromatic rings. The molecule has 0 spiro atoms. The van der Waals surface area contributed by atoms with Gasteiger partial charge in [-0.1, -0.05) is 30.3 Å². The van der Waals surface area contributed by atoms with E-state index in [2.05, 4.69) is 22.8 Å². The van der Waals surface area contributed by atoms with E-state index >= 15 is 0 Å². The molecule has 0 aromatic heterocycles. The molecular formula is C32H32FN3O5. The SMILES string of the molecule is CN1C(=O)c2cc(NC(=O)c3cccc(F)c3)ccc2OC[C@@H]2O[C@H](CC(=O)NC3Cc4ccccc4C3)CC[C@@H]21. The molecule has 41 heavy (non-hydrogen) atoms. The van der Waals surface area contributed by atoms with Crippen molar-refractivity contribution in [3.05, 3.63) is 94.8 Å². The van der Waals surface area contributed by atoms with Crippen LogP contribution in [0, 0.1) is 5.82 Å². The molecule has 9 heteroatoms. The Morgan fingerprint density at radius 1 is 1.00 bits per heavy atom. The predicted octanol–water partition coefficient (Wildman–Crippen LogP) is 4.13. The Morgan fingerprint density at radius 2 is 1.78 bits per heavy atom. The van der Waals surface area contributed by atoms with Crippen LogP contribution in [0.15, 0.2) is 66.7 Å². The fourth-order valence-electron chi connectivity index (χ4n) is 6.09. The molecule has 8 nitrogen and oxygen atoms in total. The lowest BCUT2D eigenvalue weighted by Crippen LogP contribution is -2.54. The van der Waals surface area contributed by atoms with E-state index in [-0.39, 0.29) is 54.7 Å². The second kappa shape index (κ2) is 11.3. The molecule has 0 radical (unpaired) electrons. The van der Waals surface area contributed by atoms with Crippen LogP contribution >= 0.6 is 0 Å². The van der Waals surface area contributed by atoms with Gasteiger partial charge in [-0.05, 0) is 73.2 Å². The van der Waals surface area contributed by atoms with Gasteiger partial charge in [0.2, 0.25) is 5.91 Å². The van der Waals surface area contributed by atoms with Gasteiger partial charge in [-0.3, -0.25) is 14.4 Å². The normalized spacial score (nSPS) is 22.0. The quantitative estimate of drug-likeness (QED) is 0.492. The Kier molecular flexibility index (Phi) is 7.45. The van der Waals surface area contributed by atoms with Crippen molar-refractivity contribution in [3.8, 4) is 5.75 Å². The molecule has 212 valence electrons. The third-order valence-electron chi connectivity index (χ3n) is 8.19. The molecule has 3 aliphatic rings. The number of halogens is 1. The number of benzene rings is 3. The minimum Gasteiger partial charge on any atom is -0.490 e. The fourth-order valence-corrected chi connectivity index (χ4v) is 6.09. The number of hydrogen-bond acceptors (Lipinski definition) is 5. The topological polar surface area (TPSA) is 97.0 Å². The number of nitrogens with one attached hydrogen (secondary N) is 2. The van der Waals surface area contributed by atoms with E-state index < -0.39 is 11.7 Å². The first-order valence-electron chi connectivity index (χ1n) is 14.0. The average Bonchev–Trinajstić information content (AvgIpc) is 3.37. The first-order chi connectivity index (χ1) is 19.8. The van der Waals surface area contributed by atoms with Gasteiger partial charge in [0.25, 0.3) is 11.8 Å². The molecule has 2 aliphatic heterocycles. The first-order valence-corrected chi connectivity index (χ1v) is 14.0. The van der Waals surface area contributed by atoms with Gasteiger partial charge in [-0.15, -0.1) is 0 Å². The number of likely N-dealkylation sites (N-methyl/N-ethyl adjacent to an activating group) is 1. The van der Waals surface area contributed by atoms with Gasteiger partial charge >= 0.3 is 0 Å². The molecule has 1 aliphatic carbocycles. The highest BCUT2D eigenvalue weighted by Crippen LogP contribution is 2.33.